The topological polar surface area (TPSA) is 55.0 Å². The maximum atomic E-state index is 5.49. The van der Waals surface area contributed by atoms with Gasteiger partial charge in [-0.25, -0.2) is 0 Å². The van der Waals surface area contributed by atoms with Crippen molar-refractivity contribution in [1.82, 2.24) is 15.5 Å². The van der Waals surface area contributed by atoms with Gasteiger partial charge in [0, 0.05) is 51.4 Å². The summed E-state index contributed by atoms with van der Waals surface area (Å²) in [5.41, 5.74) is 1.07. The zero-order valence-electron chi connectivity index (χ0n) is 13.8. The van der Waals surface area contributed by atoms with E-state index in [2.05, 4.69) is 15.5 Å². The maximum Gasteiger partial charge on any atom is 0.203 e. The van der Waals surface area contributed by atoms with Gasteiger partial charge in [0.2, 0.25) is 5.75 Å². The smallest absolute Gasteiger partial charge is 0.203 e. The fourth-order valence-corrected chi connectivity index (χ4v) is 2.70. The van der Waals surface area contributed by atoms with Crippen molar-refractivity contribution in [3.05, 3.63) is 17.7 Å². The van der Waals surface area contributed by atoms with Crippen LogP contribution in [0, 0.1) is 0 Å². The highest BCUT2D eigenvalue weighted by molar-refractivity contribution is 5.55. The van der Waals surface area contributed by atoms with E-state index in [0.29, 0.717) is 11.5 Å². The van der Waals surface area contributed by atoms with Gasteiger partial charge in [0.15, 0.2) is 11.5 Å². The van der Waals surface area contributed by atoms with E-state index >= 15 is 0 Å². The zero-order valence-corrected chi connectivity index (χ0v) is 13.8. The summed E-state index contributed by atoms with van der Waals surface area (Å²) in [4.78, 5) is 2.47. The van der Waals surface area contributed by atoms with Crippen LogP contribution in [-0.4, -0.2) is 65.5 Å². The van der Waals surface area contributed by atoms with E-state index in [1.807, 2.05) is 12.1 Å². The fraction of sp³-hybridized carbons (Fsp3) is 0.625. The summed E-state index contributed by atoms with van der Waals surface area (Å²) < 4.78 is 16.2. The van der Waals surface area contributed by atoms with Crippen LogP contribution in [0.25, 0.3) is 0 Å². The molecular formula is C16H27N3O3. The SMILES string of the molecule is COc1ccc(CNCCN2CCNCC2)c(OC)c1OC. The molecule has 0 aliphatic carbocycles. The van der Waals surface area contributed by atoms with E-state index < -0.39 is 0 Å². The summed E-state index contributed by atoms with van der Waals surface area (Å²) in [5, 5.41) is 6.84. The molecule has 0 amide bonds. The van der Waals surface area contributed by atoms with Crippen molar-refractivity contribution in [3.8, 4) is 17.2 Å². The average Bonchev–Trinajstić information content (AvgIpc) is 2.58. The van der Waals surface area contributed by atoms with Crippen molar-refractivity contribution in [1.29, 1.82) is 0 Å². The van der Waals surface area contributed by atoms with E-state index in [0.717, 1.165) is 57.1 Å². The van der Waals surface area contributed by atoms with Crippen molar-refractivity contribution < 1.29 is 14.2 Å². The lowest BCUT2D eigenvalue weighted by molar-refractivity contribution is 0.241. The molecule has 6 nitrogen and oxygen atoms in total. The molecule has 0 aromatic heterocycles. The van der Waals surface area contributed by atoms with Gasteiger partial charge in [0.05, 0.1) is 21.3 Å². The predicted octanol–water partition coefficient (Wildman–Crippen LogP) is 0.707. The molecule has 0 radical (unpaired) electrons. The molecule has 2 N–H and O–H groups in total. The molecule has 1 aliphatic rings. The standard InChI is InChI=1S/C16H27N3O3/c1-20-14-5-4-13(15(21-2)16(14)22-3)12-18-8-11-19-9-6-17-7-10-19/h4-5,17-18H,6-12H2,1-3H3. The Labute approximate surface area is 132 Å². The Morgan fingerprint density at radius 1 is 1.05 bits per heavy atom. The van der Waals surface area contributed by atoms with Crippen molar-refractivity contribution in [3.63, 3.8) is 0 Å². The van der Waals surface area contributed by atoms with Gasteiger partial charge >= 0.3 is 0 Å². The molecule has 2 rings (SSSR count). The lowest BCUT2D eigenvalue weighted by atomic mass is 10.1. The number of ether oxygens (including phenoxy) is 3. The fourth-order valence-electron chi connectivity index (χ4n) is 2.70. The van der Waals surface area contributed by atoms with Crippen LogP contribution in [0.15, 0.2) is 12.1 Å². The Kier molecular flexibility index (Phi) is 6.76. The zero-order chi connectivity index (χ0) is 15.8. The number of nitrogens with zero attached hydrogens (tertiary/aromatic N) is 1. The Bertz CT molecular complexity index is 462. The van der Waals surface area contributed by atoms with Crippen LogP contribution in [0.5, 0.6) is 17.2 Å². The van der Waals surface area contributed by atoms with E-state index in [-0.39, 0.29) is 0 Å². The quantitative estimate of drug-likeness (QED) is 0.690. The van der Waals surface area contributed by atoms with Gasteiger partial charge in [-0.1, -0.05) is 6.07 Å². The van der Waals surface area contributed by atoms with Crippen molar-refractivity contribution in [2.45, 2.75) is 6.54 Å². The molecule has 22 heavy (non-hydrogen) atoms. The number of methoxy groups -OCH3 is 3. The number of piperazine rings is 1. The molecule has 6 heteroatoms. The number of hydrogen-bond acceptors (Lipinski definition) is 6. The third-order valence-electron chi connectivity index (χ3n) is 3.92. The average molecular weight is 309 g/mol. The summed E-state index contributed by atoms with van der Waals surface area (Å²) in [6.07, 6.45) is 0. The van der Waals surface area contributed by atoms with Crippen LogP contribution in [0.4, 0.5) is 0 Å². The molecule has 0 saturated carbocycles. The van der Waals surface area contributed by atoms with E-state index in [4.69, 9.17) is 14.2 Å². The predicted molar refractivity (Wildman–Crippen MR) is 87.1 cm³/mol. The van der Waals surface area contributed by atoms with Gasteiger partial charge in [0.1, 0.15) is 0 Å². The molecule has 1 aromatic rings. The third kappa shape index (κ3) is 4.25. The Morgan fingerprint density at radius 3 is 2.41 bits per heavy atom. The Balaban J connectivity index is 1.89. The van der Waals surface area contributed by atoms with Crippen molar-refractivity contribution in [2.24, 2.45) is 0 Å². The molecular weight excluding hydrogens is 282 g/mol. The first-order valence-electron chi connectivity index (χ1n) is 7.71. The van der Waals surface area contributed by atoms with Gasteiger partial charge in [0.25, 0.3) is 0 Å². The molecule has 0 bridgehead atoms. The van der Waals surface area contributed by atoms with Gasteiger partial charge in [-0.2, -0.15) is 0 Å². The second kappa shape index (κ2) is 8.82. The minimum absolute atomic E-state index is 0.645. The van der Waals surface area contributed by atoms with Crippen molar-refractivity contribution >= 4 is 0 Å². The molecule has 0 unspecified atom stereocenters. The second-order valence-corrected chi connectivity index (χ2v) is 5.26. The van der Waals surface area contributed by atoms with Crippen LogP contribution in [0.2, 0.25) is 0 Å². The molecule has 124 valence electrons. The normalized spacial score (nSPS) is 15.6. The third-order valence-corrected chi connectivity index (χ3v) is 3.92. The van der Waals surface area contributed by atoms with E-state index in [1.165, 1.54) is 0 Å². The van der Waals surface area contributed by atoms with E-state index in [9.17, 15) is 0 Å². The largest absolute Gasteiger partial charge is 0.493 e. The van der Waals surface area contributed by atoms with Crippen LogP contribution in [0.3, 0.4) is 0 Å². The Hall–Kier alpha value is -1.50. The van der Waals surface area contributed by atoms with E-state index in [1.54, 1.807) is 21.3 Å². The summed E-state index contributed by atoms with van der Waals surface area (Å²) in [5.74, 6) is 2.06. The maximum absolute atomic E-state index is 5.49. The van der Waals surface area contributed by atoms with Crippen LogP contribution in [0.1, 0.15) is 5.56 Å². The summed E-state index contributed by atoms with van der Waals surface area (Å²) >= 11 is 0. The van der Waals surface area contributed by atoms with Crippen molar-refractivity contribution in [2.75, 3.05) is 60.6 Å². The molecule has 1 aliphatic heterocycles. The monoisotopic (exact) mass is 309 g/mol. The number of rotatable bonds is 8. The summed E-state index contributed by atoms with van der Waals surface area (Å²) in [6, 6.07) is 3.92. The van der Waals surface area contributed by atoms with Crippen LogP contribution >= 0.6 is 0 Å². The molecule has 1 heterocycles. The molecule has 0 spiro atoms. The molecule has 1 fully saturated rings. The highest BCUT2D eigenvalue weighted by atomic mass is 16.5. The summed E-state index contributed by atoms with van der Waals surface area (Å²) in [7, 11) is 4.91. The minimum atomic E-state index is 0.645. The molecule has 0 atom stereocenters. The number of nitrogens with one attached hydrogen (secondary N) is 2. The first-order valence-corrected chi connectivity index (χ1v) is 7.71. The van der Waals surface area contributed by atoms with Gasteiger partial charge < -0.3 is 24.8 Å². The van der Waals surface area contributed by atoms with Gasteiger partial charge in [-0.15, -0.1) is 0 Å². The number of hydrogen-bond donors (Lipinski definition) is 2. The Morgan fingerprint density at radius 2 is 1.77 bits per heavy atom. The highest BCUT2D eigenvalue weighted by Crippen LogP contribution is 2.39. The highest BCUT2D eigenvalue weighted by Gasteiger charge is 2.15. The van der Waals surface area contributed by atoms with Crippen LogP contribution < -0.4 is 24.8 Å². The first-order chi connectivity index (χ1) is 10.8. The first kappa shape index (κ1) is 16.9. The van der Waals surface area contributed by atoms with Gasteiger partial charge in [-0.3, -0.25) is 4.90 Å². The number of benzene rings is 1. The van der Waals surface area contributed by atoms with Crippen LogP contribution in [-0.2, 0) is 6.54 Å². The van der Waals surface area contributed by atoms with Gasteiger partial charge in [-0.05, 0) is 6.07 Å². The molecule has 1 saturated heterocycles. The second-order valence-electron chi connectivity index (χ2n) is 5.26. The molecule has 1 aromatic carbocycles. The lowest BCUT2D eigenvalue weighted by Crippen LogP contribution is -2.45. The lowest BCUT2D eigenvalue weighted by Gasteiger charge is -2.27. The summed E-state index contributed by atoms with van der Waals surface area (Å²) in [6.45, 7) is 7.19. The minimum Gasteiger partial charge on any atom is -0.493 e.